The number of hydrogen-bond donors (Lipinski definition) is 2. The van der Waals surface area contributed by atoms with E-state index >= 15 is 0 Å². The molecule has 2 rings (SSSR count). The van der Waals surface area contributed by atoms with Gasteiger partial charge in [-0.1, -0.05) is 30.3 Å². The zero-order chi connectivity index (χ0) is 17.7. The molecule has 2 aromatic carbocycles. The molecule has 0 radical (unpaired) electrons. The average molecular weight is 350 g/mol. The van der Waals surface area contributed by atoms with E-state index in [9.17, 15) is 23.3 Å². The molecule has 1 amide bonds. The minimum Gasteiger partial charge on any atom is -0.293 e. The number of carbonyl (C=O) groups is 1. The first-order valence-electron chi connectivity index (χ1n) is 6.68. The lowest BCUT2D eigenvalue weighted by Gasteiger charge is -2.23. The number of para-hydroxylation sites is 2. The number of amides is 1. The van der Waals surface area contributed by atoms with Gasteiger partial charge in [0.05, 0.1) is 9.82 Å². The molecule has 9 nitrogen and oxygen atoms in total. The van der Waals surface area contributed by atoms with Crippen molar-refractivity contribution < 1.29 is 18.1 Å². The molecule has 0 bridgehead atoms. The number of benzene rings is 2. The molecule has 0 atom stereocenters. The minimum atomic E-state index is -4.20. The van der Waals surface area contributed by atoms with E-state index in [1.54, 1.807) is 6.07 Å². The standard InChI is InChI=1S/C14H14N4O5S/c15-16-14(19)10-17(12-8-4-5-9-13(12)18(20)21)24(22,23)11-6-2-1-3-7-11/h1-9H,10,15H2,(H,16,19). The Bertz CT molecular complexity index is 854. The van der Waals surface area contributed by atoms with Crippen molar-refractivity contribution in [3.63, 3.8) is 0 Å². The van der Waals surface area contributed by atoms with Gasteiger partial charge in [0.15, 0.2) is 0 Å². The molecule has 0 saturated carbocycles. The third kappa shape index (κ3) is 3.50. The third-order valence-corrected chi connectivity index (χ3v) is 4.90. The maximum atomic E-state index is 12.8. The molecule has 0 unspecified atom stereocenters. The summed E-state index contributed by atoms with van der Waals surface area (Å²) < 4.78 is 26.3. The van der Waals surface area contributed by atoms with Gasteiger partial charge in [0.25, 0.3) is 21.6 Å². The van der Waals surface area contributed by atoms with Crippen LogP contribution in [0.1, 0.15) is 0 Å². The van der Waals surface area contributed by atoms with Crippen LogP contribution in [0.3, 0.4) is 0 Å². The number of sulfonamides is 1. The molecule has 0 fully saturated rings. The molecule has 24 heavy (non-hydrogen) atoms. The number of nitro benzene ring substituents is 1. The number of nitrogens with zero attached hydrogens (tertiary/aromatic N) is 2. The van der Waals surface area contributed by atoms with Crippen molar-refractivity contribution in [2.75, 3.05) is 10.8 Å². The lowest BCUT2D eigenvalue weighted by molar-refractivity contribution is -0.384. The van der Waals surface area contributed by atoms with E-state index in [4.69, 9.17) is 5.84 Å². The molecule has 0 aliphatic heterocycles. The molecule has 0 aliphatic rings. The smallest absolute Gasteiger partial charge is 0.293 e. The molecule has 0 heterocycles. The fourth-order valence-corrected chi connectivity index (χ4v) is 3.48. The number of rotatable bonds is 6. The van der Waals surface area contributed by atoms with E-state index in [-0.39, 0.29) is 10.6 Å². The molecular weight excluding hydrogens is 336 g/mol. The Labute approximate surface area is 137 Å². The van der Waals surface area contributed by atoms with Crippen molar-refractivity contribution in [1.82, 2.24) is 5.43 Å². The van der Waals surface area contributed by atoms with Crippen molar-refractivity contribution in [2.24, 2.45) is 5.84 Å². The van der Waals surface area contributed by atoms with Gasteiger partial charge < -0.3 is 0 Å². The fraction of sp³-hybridized carbons (Fsp3) is 0.0714. The summed E-state index contributed by atoms with van der Waals surface area (Å²) in [7, 11) is -4.20. The second kappa shape index (κ2) is 7.06. The summed E-state index contributed by atoms with van der Waals surface area (Å²) in [6, 6.07) is 12.6. The summed E-state index contributed by atoms with van der Waals surface area (Å²) in [5.41, 5.74) is 1.15. The van der Waals surface area contributed by atoms with Crippen molar-refractivity contribution >= 4 is 27.3 Å². The van der Waals surface area contributed by atoms with Crippen LogP contribution in [-0.2, 0) is 14.8 Å². The molecule has 10 heteroatoms. The number of nitrogens with one attached hydrogen (secondary N) is 1. The largest absolute Gasteiger partial charge is 0.293 e. The van der Waals surface area contributed by atoms with Crippen molar-refractivity contribution in [1.29, 1.82) is 0 Å². The van der Waals surface area contributed by atoms with E-state index in [2.05, 4.69) is 0 Å². The van der Waals surface area contributed by atoms with Crippen LogP contribution < -0.4 is 15.6 Å². The van der Waals surface area contributed by atoms with Gasteiger partial charge in [0, 0.05) is 6.07 Å². The van der Waals surface area contributed by atoms with E-state index < -0.39 is 33.1 Å². The van der Waals surface area contributed by atoms with Crippen molar-refractivity contribution in [3.05, 3.63) is 64.7 Å². The van der Waals surface area contributed by atoms with Crippen LogP contribution in [0.2, 0.25) is 0 Å². The molecule has 0 spiro atoms. The highest BCUT2D eigenvalue weighted by atomic mass is 32.2. The molecule has 0 saturated heterocycles. The van der Waals surface area contributed by atoms with Gasteiger partial charge in [-0.25, -0.2) is 18.6 Å². The summed E-state index contributed by atoms with van der Waals surface area (Å²) >= 11 is 0. The van der Waals surface area contributed by atoms with Gasteiger partial charge >= 0.3 is 0 Å². The van der Waals surface area contributed by atoms with Crippen LogP contribution in [0.5, 0.6) is 0 Å². The highest BCUT2D eigenvalue weighted by molar-refractivity contribution is 7.92. The van der Waals surface area contributed by atoms with E-state index in [1.807, 2.05) is 5.43 Å². The second-order valence-electron chi connectivity index (χ2n) is 4.64. The normalized spacial score (nSPS) is 10.9. The lowest BCUT2D eigenvalue weighted by Crippen LogP contribution is -2.43. The summed E-state index contributed by atoms with van der Waals surface area (Å²) in [5.74, 6) is 4.21. The van der Waals surface area contributed by atoms with Crippen molar-refractivity contribution in [3.8, 4) is 0 Å². The maximum absolute atomic E-state index is 12.8. The summed E-state index contributed by atoms with van der Waals surface area (Å²) in [4.78, 5) is 22.0. The zero-order valence-corrected chi connectivity index (χ0v) is 13.1. The van der Waals surface area contributed by atoms with Gasteiger partial charge in [-0.3, -0.25) is 20.3 Å². The SMILES string of the molecule is NNC(=O)CN(c1ccccc1[N+](=O)[O-])S(=O)(=O)c1ccccc1. The first-order valence-corrected chi connectivity index (χ1v) is 8.12. The number of nitrogens with two attached hydrogens (primary N) is 1. The minimum absolute atomic E-state index is 0.104. The first kappa shape index (κ1) is 17.4. The monoisotopic (exact) mass is 350 g/mol. The summed E-state index contributed by atoms with van der Waals surface area (Å²) in [5, 5.41) is 11.2. The van der Waals surface area contributed by atoms with Crippen LogP contribution >= 0.6 is 0 Å². The average Bonchev–Trinajstić information content (AvgIpc) is 2.60. The predicted molar refractivity (Wildman–Crippen MR) is 86.4 cm³/mol. The quantitative estimate of drug-likeness (QED) is 0.342. The molecular formula is C14H14N4O5S. The number of carbonyl (C=O) groups excluding carboxylic acids is 1. The lowest BCUT2D eigenvalue weighted by atomic mass is 10.2. The van der Waals surface area contributed by atoms with Crippen LogP contribution in [0, 0.1) is 10.1 Å². The summed E-state index contributed by atoms with van der Waals surface area (Å²) in [6.45, 7) is -0.696. The first-order chi connectivity index (χ1) is 11.4. The van der Waals surface area contributed by atoms with Crippen LogP contribution in [0.25, 0.3) is 0 Å². The zero-order valence-electron chi connectivity index (χ0n) is 12.3. The molecule has 3 N–H and O–H groups in total. The third-order valence-electron chi connectivity index (χ3n) is 3.13. The Morgan fingerprint density at radius 3 is 2.29 bits per heavy atom. The number of anilines is 1. The fourth-order valence-electron chi connectivity index (χ4n) is 2.02. The van der Waals surface area contributed by atoms with Crippen molar-refractivity contribution in [2.45, 2.75) is 4.90 Å². The Morgan fingerprint density at radius 2 is 1.71 bits per heavy atom. The number of hydrazine groups is 1. The Hall–Kier alpha value is -2.98. The van der Waals surface area contributed by atoms with Crippen LogP contribution in [-0.4, -0.2) is 25.8 Å². The van der Waals surface area contributed by atoms with Crippen LogP contribution in [0.15, 0.2) is 59.5 Å². The second-order valence-corrected chi connectivity index (χ2v) is 6.50. The van der Waals surface area contributed by atoms with Gasteiger partial charge in [-0.15, -0.1) is 0 Å². The molecule has 0 aliphatic carbocycles. The summed E-state index contributed by atoms with van der Waals surface area (Å²) in [6.07, 6.45) is 0. The highest BCUT2D eigenvalue weighted by Crippen LogP contribution is 2.31. The molecule has 2 aromatic rings. The Balaban J connectivity index is 2.63. The van der Waals surface area contributed by atoms with E-state index in [0.717, 1.165) is 6.07 Å². The molecule has 126 valence electrons. The highest BCUT2D eigenvalue weighted by Gasteiger charge is 2.31. The van der Waals surface area contributed by atoms with Gasteiger partial charge in [0.2, 0.25) is 0 Å². The topological polar surface area (TPSA) is 136 Å². The van der Waals surface area contributed by atoms with E-state index in [0.29, 0.717) is 4.31 Å². The Morgan fingerprint density at radius 1 is 1.12 bits per heavy atom. The molecule has 0 aromatic heterocycles. The predicted octanol–water partition coefficient (Wildman–Crippen LogP) is 0.780. The number of nitro groups is 1. The van der Waals surface area contributed by atoms with Gasteiger partial charge in [0.1, 0.15) is 12.2 Å². The van der Waals surface area contributed by atoms with Gasteiger partial charge in [-0.05, 0) is 18.2 Å². The van der Waals surface area contributed by atoms with E-state index in [1.165, 1.54) is 42.5 Å². The Kier molecular flexibility index (Phi) is 5.11. The maximum Gasteiger partial charge on any atom is 0.293 e. The van der Waals surface area contributed by atoms with Crippen LogP contribution in [0.4, 0.5) is 11.4 Å². The van der Waals surface area contributed by atoms with Gasteiger partial charge in [-0.2, -0.15) is 0 Å². The number of hydrogen-bond acceptors (Lipinski definition) is 6.